The minimum absolute atomic E-state index is 0.102. The second kappa shape index (κ2) is 6.39. The molecule has 0 atom stereocenters. The predicted octanol–water partition coefficient (Wildman–Crippen LogP) is 5.83. The molecule has 1 N–H and O–H groups in total. The van der Waals surface area contributed by atoms with Crippen molar-refractivity contribution in [2.24, 2.45) is 11.8 Å². The third-order valence-electron chi connectivity index (χ3n) is 5.82. The lowest BCUT2D eigenvalue weighted by Crippen LogP contribution is -2.34. The second-order valence-corrected chi connectivity index (χ2v) is 7.58. The first kappa shape index (κ1) is 16.1. The van der Waals surface area contributed by atoms with Gasteiger partial charge in [-0.2, -0.15) is 0 Å². The van der Waals surface area contributed by atoms with E-state index < -0.39 is 0 Å². The molecule has 122 valence electrons. The van der Waals surface area contributed by atoms with Crippen molar-refractivity contribution < 1.29 is 5.11 Å². The zero-order valence-corrected chi connectivity index (χ0v) is 14.5. The third kappa shape index (κ3) is 3.15. The van der Waals surface area contributed by atoms with Gasteiger partial charge in [-0.3, -0.25) is 0 Å². The van der Waals surface area contributed by atoms with Crippen molar-refractivity contribution in [1.29, 1.82) is 0 Å². The maximum absolute atomic E-state index is 9.67. The van der Waals surface area contributed by atoms with Gasteiger partial charge in [-0.25, -0.2) is 0 Å². The van der Waals surface area contributed by atoms with E-state index >= 15 is 0 Å². The fourth-order valence-electron chi connectivity index (χ4n) is 4.27. The molecule has 0 aliphatic heterocycles. The summed E-state index contributed by atoms with van der Waals surface area (Å²) in [5, 5.41) is 9.67. The minimum Gasteiger partial charge on any atom is -0.508 e. The molecule has 0 saturated heterocycles. The highest BCUT2D eigenvalue weighted by Gasteiger charge is 2.38. The van der Waals surface area contributed by atoms with Crippen LogP contribution in [0.4, 0.5) is 0 Å². The van der Waals surface area contributed by atoms with Crippen molar-refractivity contribution >= 4 is 0 Å². The lowest BCUT2D eigenvalue weighted by Gasteiger charge is -2.42. The molecule has 0 radical (unpaired) electrons. The van der Waals surface area contributed by atoms with E-state index in [2.05, 4.69) is 57.2 Å². The molecule has 0 bridgehead atoms. The monoisotopic (exact) mass is 308 g/mol. The first-order valence-electron chi connectivity index (χ1n) is 8.88. The Labute approximate surface area is 140 Å². The van der Waals surface area contributed by atoms with Crippen LogP contribution in [-0.4, -0.2) is 5.11 Å². The Balaban J connectivity index is 2.02. The van der Waals surface area contributed by atoms with Crippen molar-refractivity contribution in [2.45, 2.75) is 51.9 Å². The second-order valence-electron chi connectivity index (χ2n) is 7.58. The van der Waals surface area contributed by atoms with Crippen molar-refractivity contribution in [3.8, 4) is 5.75 Å². The summed E-state index contributed by atoms with van der Waals surface area (Å²) < 4.78 is 0. The molecule has 3 rings (SSSR count). The van der Waals surface area contributed by atoms with Gasteiger partial charge in [0.2, 0.25) is 0 Å². The standard InChI is InChI=1S/C22H28O/c1-16(2)18-11-13-22(14-12-18,19-7-9-21(23)10-8-19)20-6-4-5-17(3)15-20/h4-10,15-16,18,23H,11-14H2,1-3H3/t18-,22+. The lowest BCUT2D eigenvalue weighted by molar-refractivity contribution is 0.217. The number of phenolic OH excluding ortho intramolecular Hbond substituents is 1. The molecule has 0 unspecified atom stereocenters. The van der Waals surface area contributed by atoms with E-state index in [4.69, 9.17) is 0 Å². The SMILES string of the molecule is Cc1cccc([C@]2(c3ccc(O)cc3)CC[C@H](C(C)C)CC2)c1. The van der Waals surface area contributed by atoms with Gasteiger partial charge in [-0.1, -0.05) is 55.8 Å². The molecule has 1 fully saturated rings. The van der Waals surface area contributed by atoms with E-state index in [1.54, 1.807) is 0 Å². The van der Waals surface area contributed by atoms with Gasteiger partial charge in [-0.15, -0.1) is 0 Å². The van der Waals surface area contributed by atoms with E-state index in [-0.39, 0.29) is 5.41 Å². The number of hydrogen-bond acceptors (Lipinski definition) is 1. The molecule has 2 aromatic carbocycles. The smallest absolute Gasteiger partial charge is 0.115 e. The molecule has 0 aromatic heterocycles. The fourth-order valence-corrected chi connectivity index (χ4v) is 4.27. The maximum Gasteiger partial charge on any atom is 0.115 e. The van der Waals surface area contributed by atoms with Gasteiger partial charge < -0.3 is 5.11 Å². The molecule has 23 heavy (non-hydrogen) atoms. The molecular formula is C22H28O. The van der Waals surface area contributed by atoms with Crippen LogP contribution in [0, 0.1) is 18.8 Å². The average Bonchev–Trinajstić information content (AvgIpc) is 2.55. The van der Waals surface area contributed by atoms with Gasteiger partial charge in [0.1, 0.15) is 5.75 Å². The van der Waals surface area contributed by atoms with Crippen LogP contribution in [0.25, 0.3) is 0 Å². The summed E-state index contributed by atoms with van der Waals surface area (Å²) in [6.07, 6.45) is 4.97. The summed E-state index contributed by atoms with van der Waals surface area (Å²) in [6.45, 7) is 6.88. The zero-order chi connectivity index (χ0) is 16.4. The van der Waals surface area contributed by atoms with Crippen molar-refractivity contribution in [3.05, 3.63) is 65.2 Å². The highest BCUT2D eigenvalue weighted by molar-refractivity contribution is 5.43. The van der Waals surface area contributed by atoms with Crippen molar-refractivity contribution in [3.63, 3.8) is 0 Å². The Morgan fingerprint density at radius 1 is 0.957 bits per heavy atom. The fraction of sp³-hybridized carbons (Fsp3) is 0.455. The van der Waals surface area contributed by atoms with Gasteiger partial charge in [-0.05, 0) is 67.7 Å². The highest BCUT2D eigenvalue weighted by atomic mass is 16.3. The van der Waals surface area contributed by atoms with Crippen LogP contribution in [0.2, 0.25) is 0 Å². The molecule has 1 saturated carbocycles. The summed E-state index contributed by atoms with van der Waals surface area (Å²) in [7, 11) is 0. The number of benzene rings is 2. The van der Waals surface area contributed by atoms with E-state index in [1.807, 2.05) is 12.1 Å². The largest absolute Gasteiger partial charge is 0.508 e. The lowest BCUT2D eigenvalue weighted by atomic mass is 9.61. The molecule has 1 nitrogen and oxygen atoms in total. The summed E-state index contributed by atoms with van der Waals surface area (Å²) in [4.78, 5) is 0. The van der Waals surface area contributed by atoms with Gasteiger partial charge in [0.25, 0.3) is 0 Å². The third-order valence-corrected chi connectivity index (χ3v) is 5.82. The normalized spacial score (nSPS) is 24.8. The number of hydrogen-bond donors (Lipinski definition) is 1. The van der Waals surface area contributed by atoms with E-state index in [0.717, 1.165) is 11.8 Å². The first-order valence-corrected chi connectivity index (χ1v) is 8.88. The molecular weight excluding hydrogens is 280 g/mol. The number of aryl methyl sites for hydroxylation is 1. The van der Waals surface area contributed by atoms with Gasteiger partial charge in [0.05, 0.1) is 0 Å². The van der Waals surface area contributed by atoms with Crippen molar-refractivity contribution in [2.75, 3.05) is 0 Å². The van der Waals surface area contributed by atoms with Gasteiger partial charge in [0, 0.05) is 5.41 Å². The molecule has 0 amide bonds. The average molecular weight is 308 g/mol. The molecule has 2 aromatic rings. The van der Waals surface area contributed by atoms with Crippen LogP contribution in [0.5, 0.6) is 5.75 Å². The number of aromatic hydroxyl groups is 1. The van der Waals surface area contributed by atoms with E-state index in [9.17, 15) is 5.11 Å². The highest BCUT2D eigenvalue weighted by Crippen LogP contribution is 2.48. The Morgan fingerprint density at radius 2 is 1.61 bits per heavy atom. The molecule has 1 aliphatic rings. The minimum atomic E-state index is 0.102. The molecule has 1 aliphatic carbocycles. The van der Waals surface area contributed by atoms with Crippen molar-refractivity contribution in [1.82, 2.24) is 0 Å². The Morgan fingerprint density at radius 3 is 2.17 bits per heavy atom. The first-order chi connectivity index (χ1) is 11.0. The van der Waals surface area contributed by atoms with Gasteiger partial charge in [0.15, 0.2) is 0 Å². The van der Waals surface area contributed by atoms with Crippen LogP contribution in [0.3, 0.4) is 0 Å². The number of phenols is 1. The van der Waals surface area contributed by atoms with E-state index in [1.165, 1.54) is 42.4 Å². The molecule has 1 heteroatoms. The number of rotatable bonds is 3. The molecule has 0 spiro atoms. The van der Waals surface area contributed by atoms with Crippen LogP contribution in [-0.2, 0) is 5.41 Å². The van der Waals surface area contributed by atoms with Crippen LogP contribution < -0.4 is 0 Å². The Bertz CT molecular complexity index is 646. The Hall–Kier alpha value is -1.76. The zero-order valence-electron chi connectivity index (χ0n) is 14.5. The summed E-state index contributed by atoms with van der Waals surface area (Å²) >= 11 is 0. The van der Waals surface area contributed by atoms with Crippen LogP contribution in [0.15, 0.2) is 48.5 Å². The predicted molar refractivity (Wildman–Crippen MR) is 96.9 cm³/mol. The Kier molecular flexibility index (Phi) is 4.48. The summed E-state index contributed by atoms with van der Waals surface area (Å²) in [5.41, 5.74) is 4.21. The topological polar surface area (TPSA) is 20.2 Å². The quantitative estimate of drug-likeness (QED) is 0.756. The van der Waals surface area contributed by atoms with Crippen LogP contribution in [0.1, 0.15) is 56.2 Å². The van der Waals surface area contributed by atoms with Crippen LogP contribution >= 0.6 is 0 Å². The van der Waals surface area contributed by atoms with E-state index in [0.29, 0.717) is 5.75 Å². The van der Waals surface area contributed by atoms with Gasteiger partial charge >= 0.3 is 0 Å². The molecule has 0 heterocycles. The summed E-state index contributed by atoms with van der Waals surface area (Å²) in [6, 6.07) is 16.9. The maximum atomic E-state index is 9.67. The summed E-state index contributed by atoms with van der Waals surface area (Å²) in [5.74, 6) is 1.96.